The van der Waals surface area contributed by atoms with Crippen molar-refractivity contribution in [3.63, 3.8) is 0 Å². The number of rotatable bonds is 6. The van der Waals surface area contributed by atoms with E-state index < -0.39 is 0 Å². The molecule has 7 heteroatoms. The molecule has 0 atom stereocenters. The van der Waals surface area contributed by atoms with Crippen LogP contribution in [0.3, 0.4) is 0 Å². The molecule has 1 aromatic heterocycles. The lowest BCUT2D eigenvalue weighted by Gasteiger charge is -2.09. The van der Waals surface area contributed by atoms with Gasteiger partial charge in [0.25, 0.3) is 0 Å². The predicted octanol–water partition coefficient (Wildman–Crippen LogP) is 4.06. The molecule has 25 heavy (non-hydrogen) atoms. The molecule has 0 fully saturated rings. The molecule has 124 valence electrons. The third-order valence-corrected chi connectivity index (χ3v) is 3.97. The van der Waals surface area contributed by atoms with Crippen LogP contribution in [0.15, 0.2) is 58.0 Å². The van der Waals surface area contributed by atoms with Crippen LogP contribution in [-0.2, 0) is 4.79 Å². The molecule has 0 bridgehead atoms. The zero-order valence-electron chi connectivity index (χ0n) is 13.2. The van der Waals surface area contributed by atoms with Crippen LogP contribution in [-0.4, -0.2) is 18.4 Å². The zero-order chi connectivity index (χ0) is 17.6. The molecule has 0 unspecified atom stereocenters. The summed E-state index contributed by atoms with van der Waals surface area (Å²) >= 11 is 1.04. The molecule has 3 aromatic rings. The number of oxazole rings is 1. The largest absolute Gasteiger partial charge is 0.495 e. The quantitative estimate of drug-likeness (QED) is 0.310. The van der Waals surface area contributed by atoms with E-state index >= 15 is 0 Å². The van der Waals surface area contributed by atoms with E-state index in [9.17, 15) is 4.79 Å². The molecule has 0 saturated heterocycles. The lowest BCUT2D eigenvalue weighted by atomic mass is 10.2. The van der Waals surface area contributed by atoms with Crippen molar-refractivity contribution in [3.05, 3.63) is 54.6 Å². The first kappa shape index (κ1) is 16.6. The Bertz CT molecular complexity index is 956. The van der Waals surface area contributed by atoms with Gasteiger partial charge in [-0.25, -0.2) is 4.98 Å². The lowest BCUT2D eigenvalue weighted by molar-refractivity contribution is -0.103. The maximum atomic E-state index is 11.4. The van der Waals surface area contributed by atoms with Crippen molar-refractivity contribution in [2.24, 2.45) is 0 Å². The van der Waals surface area contributed by atoms with E-state index in [-0.39, 0.29) is 11.5 Å². The van der Waals surface area contributed by atoms with Crippen molar-refractivity contribution in [1.29, 1.82) is 5.26 Å². The first-order chi connectivity index (χ1) is 12.2. The number of nitrogens with one attached hydrogen (secondary N) is 1. The summed E-state index contributed by atoms with van der Waals surface area (Å²) in [5, 5.41) is 13.8. The average Bonchev–Trinajstić information content (AvgIpc) is 3.07. The standard InChI is InChI=1S/C18H13N3O3S/c1-23-17-8-13(25-11-19)6-7-14(17)20-9-12(10-22)18-21-15-4-2-3-5-16(15)24-18/h2-10,20H,1H3. The Balaban J connectivity index is 1.88. The molecule has 0 saturated carbocycles. The molecule has 6 nitrogen and oxygen atoms in total. The van der Waals surface area contributed by atoms with Gasteiger partial charge in [-0.15, -0.1) is 0 Å². The third kappa shape index (κ3) is 3.65. The van der Waals surface area contributed by atoms with Crippen LogP contribution < -0.4 is 10.1 Å². The number of hydrogen-bond acceptors (Lipinski definition) is 7. The number of carbonyl (C=O) groups excluding carboxylic acids is 1. The van der Waals surface area contributed by atoms with Crippen LogP contribution in [0.5, 0.6) is 5.75 Å². The number of allylic oxidation sites excluding steroid dienone is 1. The summed E-state index contributed by atoms with van der Waals surface area (Å²) in [7, 11) is 1.53. The highest BCUT2D eigenvalue weighted by Gasteiger charge is 2.11. The fourth-order valence-corrected chi connectivity index (χ4v) is 2.61. The highest BCUT2D eigenvalue weighted by atomic mass is 32.2. The minimum Gasteiger partial charge on any atom is -0.495 e. The Morgan fingerprint density at radius 3 is 2.92 bits per heavy atom. The van der Waals surface area contributed by atoms with Crippen LogP contribution in [0, 0.1) is 10.7 Å². The molecule has 2 aromatic carbocycles. The van der Waals surface area contributed by atoms with Crippen LogP contribution in [0.2, 0.25) is 0 Å². The number of nitriles is 1. The predicted molar refractivity (Wildman–Crippen MR) is 96.1 cm³/mol. The third-order valence-electron chi connectivity index (χ3n) is 3.39. The summed E-state index contributed by atoms with van der Waals surface area (Å²) in [6, 6.07) is 12.6. The second kappa shape index (κ2) is 7.55. The molecular weight excluding hydrogens is 338 g/mol. The Labute approximate surface area is 148 Å². The fourth-order valence-electron chi connectivity index (χ4n) is 2.20. The summed E-state index contributed by atoms with van der Waals surface area (Å²) in [6.07, 6.45) is 2.18. The van der Waals surface area contributed by atoms with Crippen molar-refractivity contribution >= 4 is 40.4 Å². The van der Waals surface area contributed by atoms with Crippen molar-refractivity contribution < 1.29 is 13.9 Å². The molecule has 3 rings (SSSR count). The number of fused-ring (bicyclic) bond motifs is 1. The second-order valence-electron chi connectivity index (χ2n) is 4.90. The molecular formula is C18H13N3O3S. The summed E-state index contributed by atoms with van der Waals surface area (Å²) in [6.45, 7) is 0. The molecule has 1 heterocycles. The zero-order valence-corrected chi connectivity index (χ0v) is 14.0. The first-order valence-corrected chi connectivity index (χ1v) is 8.08. The number of nitrogens with zero attached hydrogens (tertiary/aromatic N) is 2. The van der Waals surface area contributed by atoms with Crippen molar-refractivity contribution in [3.8, 4) is 11.2 Å². The van der Waals surface area contributed by atoms with E-state index in [1.165, 1.54) is 13.3 Å². The van der Waals surface area contributed by atoms with E-state index in [1.54, 1.807) is 24.3 Å². The minimum atomic E-state index is 0.235. The number of para-hydroxylation sites is 2. The van der Waals surface area contributed by atoms with Crippen LogP contribution in [0.1, 0.15) is 5.89 Å². The Hall–Kier alpha value is -3.24. The number of thioether (sulfide) groups is 1. The maximum Gasteiger partial charge on any atom is 0.232 e. The number of carbonyl (C=O) groups is 1. The minimum absolute atomic E-state index is 0.235. The number of benzene rings is 2. The van der Waals surface area contributed by atoms with Gasteiger partial charge in [-0.2, -0.15) is 5.26 Å². The van der Waals surface area contributed by atoms with E-state index in [0.717, 1.165) is 16.7 Å². The van der Waals surface area contributed by atoms with Crippen molar-refractivity contribution in [1.82, 2.24) is 4.98 Å². The smallest absolute Gasteiger partial charge is 0.232 e. The number of aldehydes is 1. The van der Waals surface area contributed by atoms with Gasteiger partial charge in [0.2, 0.25) is 5.89 Å². The number of aromatic nitrogens is 1. The Kier molecular flexibility index (Phi) is 5.02. The molecule has 0 aliphatic carbocycles. The van der Waals surface area contributed by atoms with Gasteiger partial charge in [0.1, 0.15) is 16.7 Å². The lowest BCUT2D eigenvalue weighted by Crippen LogP contribution is -1.96. The number of thiocyanates is 1. The topological polar surface area (TPSA) is 88.1 Å². The number of ether oxygens (including phenoxy) is 1. The SMILES string of the molecule is COc1cc(SC#N)ccc1NC=C(C=O)c1nc2ccccc2o1. The van der Waals surface area contributed by atoms with E-state index in [0.29, 0.717) is 28.8 Å². The highest BCUT2D eigenvalue weighted by Crippen LogP contribution is 2.30. The highest BCUT2D eigenvalue weighted by molar-refractivity contribution is 8.03. The van der Waals surface area contributed by atoms with Gasteiger partial charge in [-0.3, -0.25) is 4.79 Å². The summed E-state index contributed by atoms with van der Waals surface area (Å²) in [5.41, 5.74) is 2.22. The van der Waals surface area contributed by atoms with E-state index in [2.05, 4.69) is 10.3 Å². The summed E-state index contributed by atoms with van der Waals surface area (Å²) in [4.78, 5) is 16.5. The van der Waals surface area contributed by atoms with Crippen LogP contribution in [0.25, 0.3) is 16.7 Å². The fraction of sp³-hybridized carbons (Fsp3) is 0.0556. The molecule has 0 spiro atoms. The van der Waals surface area contributed by atoms with E-state index in [1.807, 2.05) is 23.6 Å². The van der Waals surface area contributed by atoms with Gasteiger partial charge in [-0.1, -0.05) is 12.1 Å². The molecule has 0 amide bonds. The molecule has 0 radical (unpaired) electrons. The van der Waals surface area contributed by atoms with Gasteiger partial charge in [0, 0.05) is 11.1 Å². The monoisotopic (exact) mass is 351 g/mol. The normalized spacial score (nSPS) is 11.1. The summed E-state index contributed by atoms with van der Waals surface area (Å²) in [5.74, 6) is 0.790. The van der Waals surface area contributed by atoms with Crippen molar-refractivity contribution in [2.45, 2.75) is 4.90 Å². The Morgan fingerprint density at radius 1 is 1.36 bits per heavy atom. The number of methoxy groups -OCH3 is 1. The first-order valence-electron chi connectivity index (χ1n) is 7.27. The second-order valence-corrected chi connectivity index (χ2v) is 5.76. The van der Waals surface area contributed by atoms with Crippen LogP contribution >= 0.6 is 11.8 Å². The van der Waals surface area contributed by atoms with Gasteiger partial charge in [0.15, 0.2) is 11.9 Å². The maximum absolute atomic E-state index is 11.4. The summed E-state index contributed by atoms with van der Waals surface area (Å²) < 4.78 is 10.9. The molecule has 1 N–H and O–H groups in total. The molecule has 0 aliphatic heterocycles. The van der Waals surface area contributed by atoms with Gasteiger partial charge >= 0.3 is 0 Å². The average molecular weight is 351 g/mol. The van der Waals surface area contributed by atoms with E-state index in [4.69, 9.17) is 14.4 Å². The van der Waals surface area contributed by atoms with Gasteiger partial charge < -0.3 is 14.5 Å². The van der Waals surface area contributed by atoms with Crippen molar-refractivity contribution in [2.75, 3.05) is 12.4 Å². The van der Waals surface area contributed by atoms with Crippen LogP contribution in [0.4, 0.5) is 5.69 Å². The number of anilines is 1. The van der Waals surface area contributed by atoms with Gasteiger partial charge in [-0.05, 0) is 42.1 Å². The Morgan fingerprint density at radius 2 is 2.20 bits per heavy atom. The number of hydrogen-bond donors (Lipinski definition) is 1. The molecule has 0 aliphatic rings. The van der Waals surface area contributed by atoms with Gasteiger partial charge in [0.05, 0.1) is 18.4 Å².